The van der Waals surface area contributed by atoms with Crippen molar-refractivity contribution in [1.82, 2.24) is 0 Å². The second-order valence-corrected chi connectivity index (χ2v) is 9.25. The van der Waals surface area contributed by atoms with Crippen LogP contribution in [0.3, 0.4) is 0 Å². The lowest BCUT2D eigenvalue weighted by molar-refractivity contribution is -0.146. The number of amides is 2. The minimum Gasteiger partial charge on any atom is -0.481 e. The third kappa shape index (κ3) is 4.88. The Balaban J connectivity index is 1.90. The first-order valence-corrected chi connectivity index (χ1v) is 11.2. The Kier molecular flexibility index (Phi) is 6.95. The zero-order valence-electron chi connectivity index (χ0n) is 18.2. The minimum absolute atomic E-state index is 0.284. The average molecular weight is 441 g/mol. The summed E-state index contributed by atoms with van der Waals surface area (Å²) >= 11 is 1.36. The molecule has 31 heavy (non-hydrogen) atoms. The van der Waals surface area contributed by atoms with E-state index < -0.39 is 17.8 Å². The van der Waals surface area contributed by atoms with Gasteiger partial charge in [0.2, 0.25) is 5.91 Å². The second kappa shape index (κ2) is 9.47. The smallest absolute Gasteiger partial charge is 0.307 e. The summed E-state index contributed by atoms with van der Waals surface area (Å²) in [7, 11) is 0. The number of para-hydroxylation sites is 1. The van der Waals surface area contributed by atoms with Gasteiger partial charge in [-0.05, 0) is 57.7 Å². The molecule has 6 nitrogen and oxygen atoms in total. The van der Waals surface area contributed by atoms with Gasteiger partial charge in [-0.1, -0.05) is 36.3 Å². The van der Waals surface area contributed by atoms with Crippen molar-refractivity contribution in [2.24, 2.45) is 11.8 Å². The molecule has 1 aromatic heterocycles. The number of rotatable bonds is 6. The highest BCUT2D eigenvalue weighted by Gasteiger charge is 2.38. The number of benzene rings is 1. The van der Waals surface area contributed by atoms with Crippen LogP contribution in [0.2, 0.25) is 0 Å². The van der Waals surface area contributed by atoms with Gasteiger partial charge in [-0.2, -0.15) is 0 Å². The molecule has 1 heterocycles. The topological polar surface area (TPSA) is 95.5 Å². The van der Waals surface area contributed by atoms with Gasteiger partial charge in [0.15, 0.2) is 0 Å². The van der Waals surface area contributed by atoms with Crippen molar-refractivity contribution < 1.29 is 19.5 Å². The fourth-order valence-electron chi connectivity index (χ4n) is 4.08. The Bertz CT molecular complexity index is 1040. The highest BCUT2D eigenvalue weighted by Crippen LogP contribution is 2.38. The van der Waals surface area contributed by atoms with Crippen molar-refractivity contribution in [2.45, 2.75) is 47.0 Å². The van der Waals surface area contributed by atoms with Crippen molar-refractivity contribution >= 4 is 39.8 Å². The number of aliphatic carboxylic acids is 1. The Morgan fingerprint density at radius 1 is 1.00 bits per heavy atom. The van der Waals surface area contributed by atoms with Crippen LogP contribution in [0.5, 0.6) is 0 Å². The lowest BCUT2D eigenvalue weighted by Gasteiger charge is -2.29. The third-order valence-corrected chi connectivity index (χ3v) is 7.04. The monoisotopic (exact) mass is 440 g/mol. The maximum Gasteiger partial charge on any atom is 0.307 e. The molecule has 0 unspecified atom stereocenters. The number of anilines is 2. The van der Waals surface area contributed by atoms with Crippen LogP contribution in [-0.4, -0.2) is 22.9 Å². The fourth-order valence-corrected chi connectivity index (χ4v) is 5.23. The Hall–Kier alpha value is -2.93. The minimum atomic E-state index is -0.967. The van der Waals surface area contributed by atoms with Crippen LogP contribution in [0.15, 0.2) is 41.5 Å². The summed E-state index contributed by atoms with van der Waals surface area (Å²) in [5, 5.41) is 15.9. The van der Waals surface area contributed by atoms with Gasteiger partial charge in [-0.15, -0.1) is 11.3 Å². The molecule has 1 aromatic carbocycles. The molecule has 2 amide bonds. The SMILES string of the molecule is CCc1c(C)sc(NC(=O)[C@H]2CC(C)=C(C)C[C@@H]2C(=O)O)c1C(=O)Nc1ccccc1. The molecular formula is C24H28N2O4S. The number of carboxylic acid groups (broad SMARTS) is 1. The van der Waals surface area contributed by atoms with Crippen molar-refractivity contribution in [3.63, 3.8) is 0 Å². The summed E-state index contributed by atoms with van der Waals surface area (Å²) < 4.78 is 0. The van der Waals surface area contributed by atoms with E-state index in [1.807, 2.05) is 45.9 Å². The molecule has 0 aliphatic heterocycles. The Morgan fingerprint density at radius 3 is 2.19 bits per heavy atom. The van der Waals surface area contributed by atoms with E-state index in [1.165, 1.54) is 11.3 Å². The van der Waals surface area contributed by atoms with E-state index >= 15 is 0 Å². The zero-order chi connectivity index (χ0) is 22.7. The van der Waals surface area contributed by atoms with Gasteiger partial charge in [0.1, 0.15) is 5.00 Å². The summed E-state index contributed by atoms with van der Waals surface area (Å²) in [5.74, 6) is -3.04. The number of carboxylic acids is 1. The predicted octanol–water partition coefficient (Wildman–Crippen LogP) is 5.26. The highest BCUT2D eigenvalue weighted by atomic mass is 32.1. The summed E-state index contributed by atoms with van der Waals surface area (Å²) in [6.45, 7) is 7.76. The molecule has 1 aliphatic rings. The van der Waals surface area contributed by atoms with E-state index in [-0.39, 0.29) is 11.8 Å². The lowest BCUT2D eigenvalue weighted by atomic mass is 9.76. The summed E-state index contributed by atoms with van der Waals surface area (Å²) in [4.78, 5) is 39.0. The predicted molar refractivity (Wildman–Crippen MR) is 124 cm³/mol. The van der Waals surface area contributed by atoms with E-state index in [1.54, 1.807) is 12.1 Å². The van der Waals surface area contributed by atoms with Crippen LogP contribution >= 0.6 is 11.3 Å². The van der Waals surface area contributed by atoms with Gasteiger partial charge in [0.05, 0.1) is 17.4 Å². The molecule has 164 valence electrons. The van der Waals surface area contributed by atoms with Gasteiger partial charge in [0, 0.05) is 10.6 Å². The number of nitrogens with one attached hydrogen (secondary N) is 2. The van der Waals surface area contributed by atoms with Gasteiger partial charge in [0.25, 0.3) is 5.91 Å². The zero-order valence-corrected chi connectivity index (χ0v) is 19.1. The van der Waals surface area contributed by atoms with Crippen molar-refractivity contribution in [3.05, 3.63) is 57.5 Å². The van der Waals surface area contributed by atoms with Crippen LogP contribution in [0, 0.1) is 18.8 Å². The van der Waals surface area contributed by atoms with E-state index in [0.717, 1.165) is 21.6 Å². The molecule has 0 spiro atoms. The summed E-state index contributed by atoms with van der Waals surface area (Å²) in [6, 6.07) is 9.15. The van der Waals surface area contributed by atoms with Crippen LogP contribution in [0.4, 0.5) is 10.7 Å². The van der Waals surface area contributed by atoms with E-state index in [2.05, 4.69) is 10.6 Å². The number of carbonyl (C=O) groups excluding carboxylic acids is 2. The first-order chi connectivity index (χ1) is 14.7. The maximum atomic E-state index is 13.2. The van der Waals surface area contributed by atoms with Gasteiger partial charge in [-0.25, -0.2) is 0 Å². The summed E-state index contributed by atoms with van der Waals surface area (Å²) in [6.07, 6.45) is 1.42. The molecule has 0 saturated heterocycles. The Morgan fingerprint density at radius 2 is 1.61 bits per heavy atom. The second-order valence-electron chi connectivity index (χ2n) is 8.02. The van der Waals surface area contributed by atoms with Crippen LogP contribution in [0.25, 0.3) is 0 Å². The molecule has 0 bridgehead atoms. The van der Waals surface area contributed by atoms with E-state index in [9.17, 15) is 19.5 Å². The van der Waals surface area contributed by atoms with Crippen LogP contribution in [0.1, 0.15) is 54.4 Å². The largest absolute Gasteiger partial charge is 0.481 e. The molecule has 0 saturated carbocycles. The van der Waals surface area contributed by atoms with Gasteiger partial charge in [-0.3, -0.25) is 14.4 Å². The number of thiophene rings is 1. The van der Waals surface area contributed by atoms with Gasteiger partial charge < -0.3 is 15.7 Å². The van der Waals surface area contributed by atoms with Gasteiger partial charge >= 0.3 is 5.97 Å². The third-order valence-electron chi connectivity index (χ3n) is 5.98. The van der Waals surface area contributed by atoms with E-state index in [4.69, 9.17) is 0 Å². The molecule has 0 radical (unpaired) electrons. The number of carbonyl (C=O) groups is 3. The standard InChI is InChI=1S/C24H28N2O4S/c1-5-17-15(4)31-23(20(17)22(28)25-16-9-7-6-8-10-16)26-21(27)18-11-13(2)14(3)12-19(18)24(29)30/h6-10,18-19H,5,11-12H2,1-4H3,(H,25,28)(H,26,27)(H,29,30)/t18-,19-/m0/s1. The summed E-state index contributed by atoms with van der Waals surface area (Å²) in [5.41, 5.74) is 4.09. The molecule has 3 rings (SSSR count). The Labute approximate surface area is 186 Å². The number of hydrogen-bond donors (Lipinski definition) is 3. The molecule has 1 aliphatic carbocycles. The van der Waals surface area contributed by atoms with E-state index in [0.29, 0.717) is 35.5 Å². The molecule has 7 heteroatoms. The number of allylic oxidation sites excluding steroid dienone is 2. The molecule has 3 N–H and O–H groups in total. The first-order valence-electron chi connectivity index (χ1n) is 10.4. The lowest BCUT2D eigenvalue weighted by Crippen LogP contribution is -2.36. The number of aryl methyl sites for hydroxylation is 1. The normalized spacial score (nSPS) is 18.6. The number of hydrogen-bond acceptors (Lipinski definition) is 4. The molecular weight excluding hydrogens is 412 g/mol. The molecule has 2 aromatic rings. The van der Waals surface area contributed by atoms with Crippen molar-refractivity contribution in [3.8, 4) is 0 Å². The molecule has 0 fully saturated rings. The van der Waals surface area contributed by atoms with Crippen molar-refractivity contribution in [2.75, 3.05) is 10.6 Å². The average Bonchev–Trinajstić information content (AvgIpc) is 3.04. The quantitative estimate of drug-likeness (QED) is 0.534. The fraction of sp³-hybridized carbons (Fsp3) is 0.375. The van der Waals surface area contributed by atoms with Crippen LogP contribution < -0.4 is 10.6 Å². The molecule has 2 atom stereocenters. The maximum absolute atomic E-state index is 13.2. The first kappa shape index (κ1) is 22.7. The van der Waals surface area contributed by atoms with Crippen LogP contribution in [-0.2, 0) is 16.0 Å². The highest BCUT2D eigenvalue weighted by molar-refractivity contribution is 7.16. The van der Waals surface area contributed by atoms with Crippen molar-refractivity contribution in [1.29, 1.82) is 0 Å².